The summed E-state index contributed by atoms with van der Waals surface area (Å²) in [7, 11) is 0. The van der Waals surface area contributed by atoms with Gasteiger partial charge in [-0.25, -0.2) is 0 Å². The zero-order chi connectivity index (χ0) is 9.15. The molecule has 3 saturated carbocycles. The molecule has 0 aromatic rings. The van der Waals surface area contributed by atoms with E-state index in [9.17, 15) is 10.2 Å². The molecule has 0 aliphatic heterocycles. The summed E-state index contributed by atoms with van der Waals surface area (Å²) in [5.41, 5.74) is -0.610. The Labute approximate surface area is 73.6 Å². The van der Waals surface area contributed by atoms with Crippen LogP contribution in [0.2, 0.25) is 0 Å². The Balaban J connectivity index is 2.27. The summed E-state index contributed by atoms with van der Waals surface area (Å²) in [6, 6.07) is 0. The van der Waals surface area contributed by atoms with Gasteiger partial charge in [-0.05, 0) is 37.0 Å². The SMILES string of the molecule is CC1(C)C2C[C@H](O)C(C)(O)[C@H]1C2. The first-order valence-corrected chi connectivity index (χ1v) is 4.77. The summed E-state index contributed by atoms with van der Waals surface area (Å²) in [6.07, 6.45) is 1.36. The van der Waals surface area contributed by atoms with Gasteiger partial charge in [0.2, 0.25) is 0 Å². The fraction of sp³-hybridized carbons (Fsp3) is 1.00. The highest BCUT2D eigenvalue weighted by molar-refractivity contribution is 5.12. The summed E-state index contributed by atoms with van der Waals surface area (Å²) in [5.74, 6) is 0.913. The van der Waals surface area contributed by atoms with Crippen molar-refractivity contribution in [1.29, 1.82) is 0 Å². The Kier molecular flexibility index (Phi) is 1.45. The van der Waals surface area contributed by atoms with Gasteiger partial charge in [-0.3, -0.25) is 0 Å². The van der Waals surface area contributed by atoms with Crippen LogP contribution in [0.25, 0.3) is 0 Å². The van der Waals surface area contributed by atoms with Gasteiger partial charge in [0.05, 0.1) is 11.7 Å². The molecule has 0 radical (unpaired) electrons. The van der Waals surface area contributed by atoms with Gasteiger partial charge in [-0.1, -0.05) is 13.8 Å². The first kappa shape index (κ1) is 8.52. The maximum Gasteiger partial charge on any atom is 0.0910 e. The molecule has 3 aliphatic rings. The van der Waals surface area contributed by atoms with E-state index in [1.54, 1.807) is 6.92 Å². The highest BCUT2D eigenvalue weighted by atomic mass is 16.3. The average Bonchev–Trinajstić information content (AvgIpc) is 1.93. The number of rotatable bonds is 0. The van der Waals surface area contributed by atoms with Crippen LogP contribution in [0.1, 0.15) is 33.6 Å². The second-order valence-corrected chi connectivity index (χ2v) is 5.28. The Hall–Kier alpha value is -0.0800. The Bertz CT molecular complexity index is 208. The second-order valence-electron chi connectivity index (χ2n) is 5.28. The van der Waals surface area contributed by atoms with Crippen molar-refractivity contribution in [2.24, 2.45) is 17.3 Å². The summed E-state index contributed by atoms with van der Waals surface area (Å²) < 4.78 is 0. The lowest BCUT2D eigenvalue weighted by atomic mass is 9.43. The van der Waals surface area contributed by atoms with E-state index in [1.807, 2.05) is 0 Å². The third-order valence-electron chi connectivity index (χ3n) is 4.36. The molecule has 2 N–H and O–H groups in total. The van der Waals surface area contributed by atoms with Gasteiger partial charge in [-0.15, -0.1) is 0 Å². The summed E-state index contributed by atoms with van der Waals surface area (Å²) >= 11 is 0. The largest absolute Gasteiger partial charge is 0.390 e. The molecule has 0 spiro atoms. The first-order valence-electron chi connectivity index (χ1n) is 4.77. The minimum atomic E-state index is -0.849. The third-order valence-corrected chi connectivity index (χ3v) is 4.36. The van der Waals surface area contributed by atoms with Gasteiger partial charge >= 0.3 is 0 Å². The molecule has 2 unspecified atom stereocenters. The molecule has 70 valence electrons. The van der Waals surface area contributed by atoms with Crippen LogP contribution in [0, 0.1) is 17.3 Å². The van der Waals surface area contributed by atoms with Gasteiger partial charge in [0.25, 0.3) is 0 Å². The van der Waals surface area contributed by atoms with Crippen LogP contribution in [0.5, 0.6) is 0 Å². The highest BCUT2D eigenvalue weighted by Crippen LogP contribution is 2.62. The van der Waals surface area contributed by atoms with Crippen molar-refractivity contribution in [1.82, 2.24) is 0 Å². The van der Waals surface area contributed by atoms with Gasteiger partial charge in [0.1, 0.15) is 0 Å². The molecular formula is C10H18O2. The van der Waals surface area contributed by atoms with Crippen LogP contribution in [0.3, 0.4) is 0 Å². The molecule has 2 heteroatoms. The second kappa shape index (κ2) is 2.05. The van der Waals surface area contributed by atoms with Crippen molar-refractivity contribution < 1.29 is 10.2 Å². The van der Waals surface area contributed by atoms with E-state index in [-0.39, 0.29) is 5.41 Å². The quantitative estimate of drug-likeness (QED) is 0.573. The summed E-state index contributed by atoms with van der Waals surface area (Å²) in [4.78, 5) is 0. The molecule has 12 heavy (non-hydrogen) atoms. The van der Waals surface area contributed by atoms with E-state index in [0.29, 0.717) is 11.8 Å². The number of hydrogen-bond donors (Lipinski definition) is 2. The molecule has 2 nitrogen and oxygen atoms in total. The van der Waals surface area contributed by atoms with Crippen molar-refractivity contribution >= 4 is 0 Å². The van der Waals surface area contributed by atoms with Gasteiger partial charge < -0.3 is 10.2 Å². The molecule has 3 rings (SSSR count). The average molecular weight is 170 g/mol. The van der Waals surface area contributed by atoms with Crippen LogP contribution in [-0.4, -0.2) is 21.9 Å². The molecule has 0 aromatic carbocycles. The predicted molar refractivity (Wildman–Crippen MR) is 46.6 cm³/mol. The van der Waals surface area contributed by atoms with Crippen molar-refractivity contribution in [3.8, 4) is 0 Å². The topological polar surface area (TPSA) is 40.5 Å². The fourth-order valence-corrected chi connectivity index (χ4v) is 3.15. The zero-order valence-electron chi connectivity index (χ0n) is 8.04. The van der Waals surface area contributed by atoms with Crippen LogP contribution in [0.4, 0.5) is 0 Å². The van der Waals surface area contributed by atoms with Crippen LogP contribution in [0.15, 0.2) is 0 Å². The van der Waals surface area contributed by atoms with E-state index >= 15 is 0 Å². The number of aliphatic hydroxyl groups excluding tert-OH is 1. The summed E-state index contributed by atoms with van der Waals surface area (Å²) in [5, 5.41) is 19.7. The molecule has 3 aliphatic carbocycles. The molecule has 0 heterocycles. The Morgan fingerprint density at radius 2 is 1.75 bits per heavy atom. The van der Waals surface area contributed by atoms with Crippen molar-refractivity contribution in [2.75, 3.05) is 0 Å². The lowest BCUT2D eigenvalue weighted by molar-refractivity contribution is -0.245. The van der Waals surface area contributed by atoms with E-state index in [2.05, 4.69) is 13.8 Å². The maximum absolute atomic E-state index is 10.0. The third kappa shape index (κ3) is 0.775. The van der Waals surface area contributed by atoms with Crippen molar-refractivity contribution in [3.05, 3.63) is 0 Å². The van der Waals surface area contributed by atoms with E-state index in [4.69, 9.17) is 0 Å². The highest BCUT2D eigenvalue weighted by Gasteiger charge is 2.62. The lowest BCUT2D eigenvalue weighted by Crippen LogP contribution is -2.66. The minimum absolute atomic E-state index is 0.239. The van der Waals surface area contributed by atoms with E-state index in [0.717, 1.165) is 12.8 Å². The number of aliphatic hydroxyl groups is 2. The molecule has 3 fully saturated rings. The monoisotopic (exact) mass is 170 g/mol. The molecule has 0 aromatic heterocycles. The first-order chi connectivity index (χ1) is 5.37. The number of hydrogen-bond acceptors (Lipinski definition) is 2. The van der Waals surface area contributed by atoms with E-state index < -0.39 is 11.7 Å². The van der Waals surface area contributed by atoms with Crippen molar-refractivity contribution in [2.45, 2.75) is 45.3 Å². The van der Waals surface area contributed by atoms with Gasteiger partial charge in [0, 0.05) is 0 Å². The van der Waals surface area contributed by atoms with Crippen LogP contribution < -0.4 is 0 Å². The van der Waals surface area contributed by atoms with Crippen LogP contribution in [-0.2, 0) is 0 Å². The Morgan fingerprint density at radius 3 is 2.08 bits per heavy atom. The fourth-order valence-electron chi connectivity index (χ4n) is 3.15. The lowest BCUT2D eigenvalue weighted by Gasteiger charge is -2.64. The predicted octanol–water partition coefficient (Wildman–Crippen LogP) is 1.16. The molecule has 4 atom stereocenters. The minimum Gasteiger partial charge on any atom is -0.390 e. The number of fused-ring (bicyclic) bond motifs is 2. The molecule has 2 bridgehead atoms. The molecule has 0 amide bonds. The zero-order valence-corrected chi connectivity index (χ0v) is 8.04. The standard InChI is InChI=1S/C10H18O2/c1-9(2)6-4-7(9)10(3,12)8(11)5-6/h6-8,11-12H,4-5H2,1-3H3/t6?,7-,8-,10?/m0/s1. The van der Waals surface area contributed by atoms with Crippen LogP contribution >= 0.6 is 0 Å². The Morgan fingerprint density at radius 1 is 1.17 bits per heavy atom. The maximum atomic E-state index is 10.0. The molecular weight excluding hydrogens is 152 g/mol. The smallest absolute Gasteiger partial charge is 0.0910 e. The van der Waals surface area contributed by atoms with Crippen molar-refractivity contribution in [3.63, 3.8) is 0 Å². The molecule has 0 saturated heterocycles. The van der Waals surface area contributed by atoms with Gasteiger partial charge in [0.15, 0.2) is 0 Å². The van der Waals surface area contributed by atoms with E-state index in [1.165, 1.54) is 0 Å². The van der Waals surface area contributed by atoms with Gasteiger partial charge in [-0.2, -0.15) is 0 Å². The normalized spacial score (nSPS) is 56.2. The summed E-state index contributed by atoms with van der Waals surface area (Å²) in [6.45, 7) is 6.18.